The highest BCUT2D eigenvalue weighted by Gasteiger charge is 2.35. The molecule has 0 aromatic heterocycles. The monoisotopic (exact) mass is 310 g/mol. The van der Waals surface area contributed by atoms with Crippen LogP contribution >= 0.6 is 0 Å². The zero-order chi connectivity index (χ0) is 16.4. The number of fused-ring (bicyclic) bond motifs is 1. The van der Waals surface area contributed by atoms with Crippen molar-refractivity contribution in [3.05, 3.63) is 65.7 Å². The summed E-state index contributed by atoms with van der Waals surface area (Å²) in [5.74, 6) is 0.649. The highest BCUT2D eigenvalue weighted by atomic mass is 16.5. The molecule has 4 heteroatoms. The first-order chi connectivity index (χ1) is 11.0. The van der Waals surface area contributed by atoms with Crippen molar-refractivity contribution in [3.63, 3.8) is 0 Å². The molecule has 2 aromatic rings. The molecule has 2 aromatic carbocycles. The molecule has 1 aliphatic rings. The SMILES string of the molecule is CC1(C)CC(NC(=O)C(N)c2ccccc2)c2ccccc2O1. The van der Waals surface area contributed by atoms with Gasteiger partial charge in [-0.3, -0.25) is 4.79 Å². The van der Waals surface area contributed by atoms with Crippen molar-refractivity contribution in [2.24, 2.45) is 5.73 Å². The summed E-state index contributed by atoms with van der Waals surface area (Å²) in [6, 6.07) is 16.5. The number of hydrogen-bond donors (Lipinski definition) is 2. The van der Waals surface area contributed by atoms with Crippen LogP contribution in [0, 0.1) is 0 Å². The second kappa shape index (κ2) is 6.05. The Labute approximate surface area is 136 Å². The van der Waals surface area contributed by atoms with Crippen molar-refractivity contribution in [1.29, 1.82) is 0 Å². The van der Waals surface area contributed by atoms with Crippen molar-refractivity contribution in [2.75, 3.05) is 0 Å². The predicted molar refractivity (Wildman–Crippen MR) is 90.0 cm³/mol. The summed E-state index contributed by atoms with van der Waals surface area (Å²) in [4.78, 5) is 12.6. The minimum atomic E-state index is -0.672. The van der Waals surface area contributed by atoms with Gasteiger partial charge in [0.2, 0.25) is 5.91 Å². The lowest BCUT2D eigenvalue weighted by Crippen LogP contribution is -2.43. The molecule has 1 heterocycles. The molecule has 0 radical (unpaired) electrons. The second-order valence-corrected chi connectivity index (χ2v) is 6.55. The summed E-state index contributed by atoms with van der Waals surface area (Å²) >= 11 is 0. The van der Waals surface area contributed by atoms with E-state index in [1.165, 1.54) is 0 Å². The Morgan fingerprint density at radius 2 is 1.83 bits per heavy atom. The van der Waals surface area contributed by atoms with E-state index in [1.807, 2.05) is 68.4 Å². The van der Waals surface area contributed by atoms with Crippen LogP contribution in [0.5, 0.6) is 5.75 Å². The van der Waals surface area contributed by atoms with Crippen LogP contribution in [0.15, 0.2) is 54.6 Å². The average Bonchev–Trinajstić information content (AvgIpc) is 2.54. The molecule has 3 N–H and O–H groups in total. The molecule has 120 valence electrons. The van der Waals surface area contributed by atoms with E-state index in [2.05, 4.69) is 5.32 Å². The van der Waals surface area contributed by atoms with Crippen LogP contribution in [0.25, 0.3) is 0 Å². The molecule has 4 nitrogen and oxygen atoms in total. The van der Waals surface area contributed by atoms with Crippen LogP contribution in [0.3, 0.4) is 0 Å². The van der Waals surface area contributed by atoms with Crippen molar-refractivity contribution in [1.82, 2.24) is 5.32 Å². The fourth-order valence-corrected chi connectivity index (χ4v) is 3.00. The maximum Gasteiger partial charge on any atom is 0.242 e. The van der Waals surface area contributed by atoms with E-state index in [4.69, 9.17) is 10.5 Å². The van der Waals surface area contributed by atoms with Crippen molar-refractivity contribution < 1.29 is 9.53 Å². The number of nitrogens with two attached hydrogens (primary N) is 1. The van der Waals surface area contributed by atoms with Crippen LogP contribution in [0.1, 0.15) is 43.5 Å². The topological polar surface area (TPSA) is 64.4 Å². The number of para-hydroxylation sites is 1. The average molecular weight is 310 g/mol. The van der Waals surface area contributed by atoms with Gasteiger partial charge in [0.05, 0.1) is 6.04 Å². The summed E-state index contributed by atoms with van der Waals surface area (Å²) < 4.78 is 5.99. The van der Waals surface area contributed by atoms with Crippen molar-refractivity contribution >= 4 is 5.91 Å². The third-order valence-corrected chi connectivity index (χ3v) is 4.13. The van der Waals surface area contributed by atoms with E-state index in [1.54, 1.807) is 0 Å². The smallest absolute Gasteiger partial charge is 0.242 e. The van der Waals surface area contributed by atoms with Gasteiger partial charge in [-0.2, -0.15) is 0 Å². The van der Waals surface area contributed by atoms with Gasteiger partial charge in [0.15, 0.2) is 0 Å². The molecular weight excluding hydrogens is 288 g/mol. The van der Waals surface area contributed by atoms with Crippen LogP contribution in [-0.2, 0) is 4.79 Å². The minimum Gasteiger partial charge on any atom is -0.487 e. The molecule has 0 saturated carbocycles. The number of carbonyl (C=O) groups excluding carboxylic acids is 1. The first kappa shape index (κ1) is 15.6. The molecule has 2 atom stereocenters. The van der Waals surface area contributed by atoms with Gasteiger partial charge in [0, 0.05) is 12.0 Å². The molecule has 0 bridgehead atoms. The third kappa shape index (κ3) is 3.37. The van der Waals surface area contributed by atoms with E-state index in [0.29, 0.717) is 6.42 Å². The van der Waals surface area contributed by atoms with Crippen LogP contribution < -0.4 is 15.8 Å². The lowest BCUT2D eigenvalue weighted by atomic mass is 9.89. The van der Waals surface area contributed by atoms with Crippen LogP contribution in [0.4, 0.5) is 0 Å². The molecule has 2 unspecified atom stereocenters. The van der Waals surface area contributed by atoms with Crippen LogP contribution in [-0.4, -0.2) is 11.5 Å². The highest BCUT2D eigenvalue weighted by molar-refractivity contribution is 5.83. The molecule has 0 saturated heterocycles. The van der Waals surface area contributed by atoms with E-state index in [0.717, 1.165) is 16.9 Å². The number of amides is 1. The Balaban J connectivity index is 1.81. The highest BCUT2D eigenvalue weighted by Crippen LogP contribution is 2.39. The summed E-state index contributed by atoms with van der Waals surface area (Å²) in [7, 11) is 0. The molecule has 3 rings (SSSR count). The van der Waals surface area contributed by atoms with Crippen LogP contribution in [0.2, 0.25) is 0 Å². The number of ether oxygens (including phenoxy) is 1. The van der Waals surface area contributed by atoms with Gasteiger partial charge in [-0.05, 0) is 25.5 Å². The normalized spacial score (nSPS) is 20.0. The van der Waals surface area contributed by atoms with Crippen molar-refractivity contribution in [2.45, 2.75) is 38.0 Å². The molecule has 1 amide bonds. The van der Waals surface area contributed by atoms with E-state index >= 15 is 0 Å². The Hall–Kier alpha value is -2.33. The second-order valence-electron chi connectivity index (χ2n) is 6.55. The molecule has 0 spiro atoms. The van der Waals surface area contributed by atoms with Gasteiger partial charge in [-0.25, -0.2) is 0 Å². The van der Waals surface area contributed by atoms with Gasteiger partial charge in [-0.1, -0.05) is 48.5 Å². The van der Waals surface area contributed by atoms with Crippen molar-refractivity contribution in [3.8, 4) is 5.75 Å². The van der Waals surface area contributed by atoms with E-state index < -0.39 is 6.04 Å². The fraction of sp³-hybridized carbons (Fsp3) is 0.316. The van der Waals surface area contributed by atoms with E-state index in [-0.39, 0.29) is 17.6 Å². The Bertz CT molecular complexity index is 698. The van der Waals surface area contributed by atoms with E-state index in [9.17, 15) is 4.79 Å². The number of hydrogen-bond acceptors (Lipinski definition) is 3. The minimum absolute atomic E-state index is 0.0998. The third-order valence-electron chi connectivity index (χ3n) is 4.13. The molecule has 0 fully saturated rings. The number of rotatable bonds is 3. The standard InChI is InChI=1S/C19H22N2O2/c1-19(2)12-15(14-10-6-7-11-16(14)23-19)21-18(22)17(20)13-8-4-3-5-9-13/h3-11,15,17H,12,20H2,1-2H3,(H,21,22). The lowest BCUT2D eigenvalue weighted by Gasteiger charge is -2.38. The summed E-state index contributed by atoms with van der Waals surface area (Å²) in [5.41, 5.74) is 7.58. The summed E-state index contributed by atoms with van der Waals surface area (Å²) in [5, 5.41) is 3.08. The number of carbonyl (C=O) groups is 1. The maximum absolute atomic E-state index is 12.6. The zero-order valence-corrected chi connectivity index (χ0v) is 13.5. The summed E-state index contributed by atoms with van der Waals surface area (Å²) in [6.07, 6.45) is 0.706. The lowest BCUT2D eigenvalue weighted by molar-refractivity contribution is -0.123. The zero-order valence-electron chi connectivity index (χ0n) is 13.5. The molecular formula is C19H22N2O2. The quantitative estimate of drug-likeness (QED) is 0.915. The fourth-order valence-electron chi connectivity index (χ4n) is 3.00. The molecule has 23 heavy (non-hydrogen) atoms. The van der Waals surface area contributed by atoms with Gasteiger partial charge in [0.25, 0.3) is 0 Å². The summed E-state index contributed by atoms with van der Waals surface area (Å²) in [6.45, 7) is 4.05. The van der Waals surface area contributed by atoms with Gasteiger partial charge in [-0.15, -0.1) is 0 Å². The van der Waals surface area contributed by atoms with Gasteiger partial charge < -0.3 is 15.8 Å². The Kier molecular flexibility index (Phi) is 4.09. The number of nitrogens with one attached hydrogen (secondary N) is 1. The first-order valence-corrected chi connectivity index (χ1v) is 7.85. The predicted octanol–water partition coefficient (Wildman–Crippen LogP) is 3.11. The maximum atomic E-state index is 12.6. The first-order valence-electron chi connectivity index (χ1n) is 7.85. The Morgan fingerprint density at radius 3 is 2.57 bits per heavy atom. The molecule has 1 aliphatic heterocycles. The van der Waals surface area contributed by atoms with Gasteiger partial charge >= 0.3 is 0 Å². The van der Waals surface area contributed by atoms with Gasteiger partial charge in [0.1, 0.15) is 17.4 Å². The molecule has 0 aliphatic carbocycles. The number of benzene rings is 2. The largest absolute Gasteiger partial charge is 0.487 e. The Morgan fingerprint density at radius 1 is 1.17 bits per heavy atom.